The van der Waals surface area contributed by atoms with Crippen molar-refractivity contribution in [2.24, 2.45) is 0 Å². The van der Waals surface area contributed by atoms with Crippen molar-refractivity contribution in [1.29, 1.82) is 0 Å². The van der Waals surface area contributed by atoms with Crippen LogP contribution in [0.5, 0.6) is 0 Å². The van der Waals surface area contributed by atoms with E-state index in [0.717, 1.165) is 5.69 Å². The number of hydrogen-bond donors (Lipinski definition) is 0. The van der Waals surface area contributed by atoms with Crippen molar-refractivity contribution in [3.8, 4) is 0 Å². The molecule has 1 aliphatic rings. The molecule has 18 heavy (non-hydrogen) atoms. The predicted molar refractivity (Wildman–Crippen MR) is 70.2 cm³/mol. The molecule has 0 saturated carbocycles. The standard InChI is InChI=1S/C12H22BN3O2/c1-9(2)10-7-16(15-14-10)8-13-17-11(3,4)12(5,6)18-13/h7,9H,8H2,1-6H3. The fourth-order valence-corrected chi connectivity index (χ4v) is 1.86. The lowest BCUT2D eigenvalue weighted by Gasteiger charge is -2.32. The highest BCUT2D eigenvalue weighted by molar-refractivity contribution is 6.44. The molecule has 6 heteroatoms. The van der Waals surface area contributed by atoms with Gasteiger partial charge in [0.05, 0.1) is 23.3 Å². The molecular weight excluding hydrogens is 229 g/mol. The monoisotopic (exact) mass is 251 g/mol. The molecule has 0 N–H and O–H groups in total. The van der Waals surface area contributed by atoms with E-state index in [9.17, 15) is 0 Å². The molecule has 0 spiro atoms. The average molecular weight is 251 g/mol. The number of aromatic nitrogens is 3. The molecule has 1 aromatic heterocycles. The molecule has 100 valence electrons. The molecule has 5 nitrogen and oxygen atoms in total. The number of hydrogen-bond acceptors (Lipinski definition) is 4. The van der Waals surface area contributed by atoms with Crippen molar-refractivity contribution in [2.45, 2.75) is 65.1 Å². The molecule has 0 atom stereocenters. The van der Waals surface area contributed by atoms with Crippen LogP contribution >= 0.6 is 0 Å². The number of rotatable bonds is 3. The van der Waals surface area contributed by atoms with Crippen LogP contribution in [-0.2, 0) is 15.8 Å². The van der Waals surface area contributed by atoms with E-state index in [-0.39, 0.29) is 18.3 Å². The van der Waals surface area contributed by atoms with Gasteiger partial charge in [-0.15, -0.1) is 5.10 Å². The van der Waals surface area contributed by atoms with Crippen molar-refractivity contribution in [3.63, 3.8) is 0 Å². The van der Waals surface area contributed by atoms with Gasteiger partial charge in [0.2, 0.25) is 0 Å². The van der Waals surface area contributed by atoms with Crippen molar-refractivity contribution < 1.29 is 9.31 Å². The molecule has 0 amide bonds. The third-order valence-electron chi connectivity index (χ3n) is 3.79. The zero-order chi connectivity index (χ0) is 13.6. The molecule has 2 heterocycles. The Morgan fingerprint density at radius 2 is 1.78 bits per heavy atom. The van der Waals surface area contributed by atoms with Gasteiger partial charge in [-0.05, 0) is 33.6 Å². The van der Waals surface area contributed by atoms with E-state index < -0.39 is 0 Å². The van der Waals surface area contributed by atoms with Crippen molar-refractivity contribution in [2.75, 3.05) is 0 Å². The topological polar surface area (TPSA) is 49.2 Å². The summed E-state index contributed by atoms with van der Waals surface area (Å²) >= 11 is 0. The van der Waals surface area contributed by atoms with Crippen LogP contribution in [0.4, 0.5) is 0 Å². The van der Waals surface area contributed by atoms with E-state index in [2.05, 4.69) is 24.2 Å². The van der Waals surface area contributed by atoms with Crippen molar-refractivity contribution in [3.05, 3.63) is 11.9 Å². The Labute approximate surface area is 109 Å². The minimum Gasteiger partial charge on any atom is -0.402 e. The second kappa shape index (κ2) is 4.35. The highest BCUT2D eigenvalue weighted by Crippen LogP contribution is 2.36. The Morgan fingerprint density at radius 3 is 2.22 bits per heavy atom. The maximum Gasteiger partial charge on any atom is 0.480 e. The largest absolute Gasteiger partial charge is 0.480 e. The first kappa shape index (κ1) is 13.6. The van der Waals surface area contributed by atoms with Crippen LogP contribution in [-0.4, -0.2) is 33.3 Å². The minimum atomic E-state index is -0.293. The van der Waals surface area contributed by atoms with E-state index in [0.29, 0.717) is 12.4 Å². The normalized spacial score (nSPS) is 21.8. The van der Waals surface area contributed by atoms with Gasteiger partial charge in [0.1, 0.15) is 0 Å². The zero-order valence-electron chi connectivity index (χ0n) is 12.1. The molecule has 0 radical (unpaired) electrons. The van der Waals surface area contributed by atoms with Gasteiger partial charge in [-0.25, -0.2) is 0 Å². The molecule has 0 unspecified atom stereocenters. The molecule has 0 aromatic carbocycles. The summed E-state index contributed by atoms with van der Waals surface area (Å²) in [5, 5.41) is 8.24. The predicted octanol–water partition coefficient (Wildman–Crippen LogP) is 2.03. The third kappa shape index (κ3) is 2.45. The molecule has 1 aromatic rings. The van der Waals surface area contributed by atoms with E-state index in [1.807, 2.05) is 33.9 Å². The Hall–Kier alpha value is -0.875. The Morgan fingerprint density at radius 1 is 1.22 bits per heavy atom. The minimum absolute atomic E-state index is 0.267. The van der Waals surface area contributed by atoms with Crippen LogP contribution in [0.25, 0.3) is 0 Å². The van der Waals surface area contributed by atoms with Crippen LogP contribution in [0, 0.1) is 0 Å². The SMILES string of the molecule is CC(C)c1cn(CB2OC(C)(C)C(C)(C)O2)nn1. The van der Waals surface area contributed by atoms with Gasteiger partial charge in [0.25, 0.3) is 0 Å². The lowest BCUT2D eigenvalue weighted by Crippen LogP contribution is -2.41. The highest BCUT2D eigenvalue weighted by Gasteiger charge is 2.51. The fourth-order valence-electron chi connectivity index (χ4n) is 1.86. The fraction of sp³-hybridized carbons (Fsp3) is 0.833. The molecule has 1 aliphatic heterocycles. The van der Waals surface area contributed by atoms with Crippen LogP contribution in [0.1, 0.15) is 53.2 Å². The average Bonchev–Trinajstić information content (AvgIpc) is 2.70. The summed E-state index contributed by atoms with van der Waals surface area (Å²) < 4.78 is 13.6. The number of nitrogens with zero attached hydrogens (tertiary/aromatic N) is 3. The quantitative estimate of drug-likeness (QED) is 0.771. The summed E-state index contributed by atoms with van der Waals surface area (Å²) in [6.45, 7) is 12.4. The maximum absolute atomic E-state index is 5.93. The van der Waals surface area contributed by atoms with Gasteiger partial charge in [0, 0.05) is 6.20 Å². The first-order valence-electron chi connectivity index (χ1n) is 6.47. The van der Waals surface area contributed by atoms with Gasteiger partial charge in [-0.2, -0.15) is 0 Å². The summed E-state index contributed by atoms with van der Waals surface area (Å²) in [5.74, 6) is 0.386. The van der Waals surface area contributed by atoms with Gasteiger partial charge in [-0.3, -0.25) is 4.68 Å². The summed E-state index contributed by atoms with van der Waals surface area (Å²) in [4.78, 5) is 0. The van der Waals surface area contributed by atoms with E-state index in [4.69, 9.17) is 9.31 Å². The van der Waals surface area contributed by atoms with Crippen LogP contribution in [0.3, 0.4) is 0 Å². The molecule has 2 rings (SSSR count). The molecule has 0 aliphatic carbocycles. The van der Waals surface area contributed by atoms with Gasteiger partial charge < -0.3 is 9.31 Å². The smallest absolute Gasteiger partial charge is 0.402 e. The van der Waals surface area contributed by atoms with Crippen LogP contribution in [0.2, 0.25) is 0 Å². The summed E-state index contributed by atoms with van der Waals surface area (Å²) in [6, 6.07) is 0. The van der Waals surface area contributed by atoms with Crippen LogP contribution < -0.4 is 0 Å². The second-order valence-electron chi connectivity index (χ2n) is 6.21. The Bertz CT molecular complexity index is 413. The summed E-state index contributed by atoms with van der Waals surface area (Å²) in [7, 11) is -0.267. The van der Waals surface area contributed by atoms with E-state index >= 15 is 0 Å². The van der Waals surface area contributed by atoms with E-state index in [1.54, 1.807) is 4.68 Å². The van der Waals surface area contributed by atoms with Crippen molar-refractivity contribution >= 4 is 7.12 Å². The van der Waals surface area contributed by atoms with Gasteiger partial charge in [-0.1, -0.05) is 19.1 Å². The van der Waals surface area contributed by atoms with Crippen LogP contribution in [0.15, 0.2) is 6.20 Å². The second-order valence-corrected chi connectivity index (χ2v) is 6.21. The highest BCUT2D eigenvalue weighted by atomic mass is 16.7. The molecule has 0 bridgehead atoms. The first-order chi connectivity index (χ1) is 8.21. The third-order valence-corrected chi connectivity index (χ3v) is 3.79. The molecule has 1 saturated heterocycles. The lowest BCUT2D eigenvalue weighted by atomic mass is 9.90. The maximum atomic E-state index is 5.93. The molecule has 1 fully saturated rings. The van der Waals surface area contributed by atoms with E-state index in [1.165, 1.54) is 0 Å². The zero-order valence-corrected chi connectivity index (χ0v) is 12.1. The lowest BCUT2D eigenvalue weighted by molar-refractivity contribution is 0.00578. The summed E-state index contributed by atoms with van der Waals surface area (Å²) in [6.07, 6.45) is 2.53. The molecular formula is C12H22BN3O2. The van der Waals surface area contributed by atoms with Crippen molar-refractivity contribution in [1.82, 2.24) is 15.0 Å². The van der Waals surface area contributed by atoms with Gasteiger partial charge >= 0.3 is 7.12 Å². The summed E-state index contributed by atoms with van der Waals surface area (Å²) in [5.41, 5.74) is 0.407. The Balaban J connectivity index is 2.03. The van der Waals surface area contributed by atoms with Gasteiger partial charge in [0.15, 0.2) is 0 Å². The Kier molecular flexibility index (Phi) is 3.27. The first-order valence-corrected chi connectivity index (χ1v) is 6.47.